The molecule has 0 atom stereocenters. The van der Waals surface area contributed by atoms with Crippen LogP contribution in [0.15, 0.2) is 24.3 Å². The summed E-state index contributed by atoms with van der Waals surface area (Å²) in [5.41, 5.74) is 1.35. The van der Waals surface area contributed by atoms with Gasteiger partial charge in [0.25, 0.3) is 5.91 Å². The summed E-state index contributed by atoms with van der Waals surface area (Å²) in [7, 11) is 1.83. The number of amides is 2. The van der Waals surface area contributed by atoms with E-state index in [0.29, 0.717) is 18.8 Å². The third-order valence-electron chi connectivity index (χ3n) is 4.47. The molecule has 0 unspecified atom stereocenters. The highest BCUT2D eigenvalue weighted by Crippen LogP contribution is 2.21. The van der Waals surface area contributed by atoms with Gasteiger partial charge in [0.05, 0.1) is 5.52 Å². The van der Waals surface area contributed by atoms with Crippen LogP contribution in [0, 0.1) is 0 Å². The summed E-state index contributed by atoms with van der Waals surface area (Å²) in [6.07, 6.45) is 1.62. The van der Waals surface area contributed by atoms with Gasteiger partial charge in [0.2, 0.25) is 5.91 Å². The lowest BCUT2D eigenvalue weighted by molar-refractivity contribution is -0.130. The average Bonchev–Trinajstić information content (AvgIpc) is 2.97. The van der Waals surface area contributed by atoms with Gasteiger partial charge < -0.3 is 9.80 Å². The zero-order valence-corrected chi connectivity index (χ0v) is 12.9. The maximum atomic E-state index is 12.6. The molecule has 0 bridgehead atoms. The predicted octanol–water partition coefficient (Wildman–Crippen LogP) is 1.65. The van der Waals surface area contributed by atoms with Gasteiger partial charge in [-0.1, -0.05) is 18.2 Å². The van der Waals surface area contributed by atoms with Gasteiger partial charge in [0.1, 0.15) is 0 Å². The molecule has 1 fully saturated rings. The molecular weight excluding hydrogens is 280 g/mol. The van der Waals surface area contributed by atoms with Crippen LogP contribution in [0.5, 0.6) is 0 Å². The first-order chi connectivity index (χ1) is 10.6. The number of benzene rings is 1. The molecular formula is C16H20N4O2. The number of nitrogens with zero attached hydrogens (tertiary/aromatic N) is 3. The van der Waals surface area contributed by atoms with Gasteiger partial charge in [-0.3, -0.25) is 14.7 Å². The topological polar surface area (TPSA) is 69.3 Å². The second-order valence-corrected chi connectivity index (χ2v) is 5.77. The van der Waals surface area contributed by atoms with E-state index in [4.69, 9.17) is 0 Å². The lowest BCUT2D eigenvalue weighted by Crippen LogP contribution is -2.46. The van der Waals surface area contributed by atoms with Crippen LogP contribution in [-0.2, 0) is 4.79 Å². The number of carbonyl (C=O) groups excluding carboxylic acids is 2. The number of aromatic amines is 1. The van der Waals surface area contributed by atoms with Crippen LogP contribution < -0.4 is 0 Å². The van der Waals surface area contributed by atoms with Gasteiger partial charge in [0, 0.05) is 38.5 Å². The summed E-state index contributed by atoms with van der Waals surface area (Å²) in [4.78, 5) is 27.7. The first-order valence-corrected chi connectivity index (χ1v) is 7.53. The maximum absolute atomic E-state index is 12.6. The first kappa shape index (κ1) is 14.6. The Balaban J connectivity index is 1.71. The van der Waals surface area contributed by atoms with Crippen molar-refractivity contribution in [1.29, 1.82) is 0 Å². The Morgan fingerprint density at radius 2 is 1.95 bits per heavy atom. The lowest BCUT2D eigenvalue weighted by Gasteiger charge is -2.36. The standard InChI is InChI=1S/C16H20N4O2/c1-11(21)19(2)12-7-9-20(10-8-12)16(22)15-13-5-3-4-6-14(13)17-18-15/h3-6,12H,7-10H2,1-2H3,(H,17,18). The highest BCUT2D eigenvalue weighted by atomic mass is 16.2. The Hall–Kier alpha value is -2.37. The highest BCUT2D eigenvalue weighted by Gasteiger charge is 2.28. The fourth-order valence-corrected chi connectivity index (χ4v) is 2.99. The van der Waals surface area contributed by atoms with E-state index in [2.05, 4.69) is 10.2 Å². The van der Waals surface area contributed by atoms with Crippen molar-refractivity contribution in [2.45, 2.75) is 25.8 Å². The van der Waals surface area contributed by atoms with E-state index in [9.17, 15) is 9.59 Å². The average molecular weight is 300 g/mol. The molecule has 1 N–H and O–H groups in total. The molecule has 1 saturated heterocycles. The van der Waals surface area contributed by atoms with E-state index >= 15 is 0 Å². The lowest BCUT2D eigenvalue weighted by atomic mass is 10.0. The van der Waals surface area contributed by atoms with Crippen molar-refractivity contribution in [3.05, 3.63) is 30.0 Å². The zero-order chi connectivity index (χ0) is 15.7. The van der Waals surface area contributed by atoms with Crippen LogP contribution in [0.4, 0.5) is 0 Å². The number of para-hydroxylation sites is 1. The Bertz CT molecular complexity index is 701. The minimum atomic E-state index is -0.0404. The van der Waals surface area contributed by atoms with Gasteiger partial charge in [-0.15, -0.1) is 0 Å². The summed E-state index contributed by atoms with van der Waals surface area (Å²) in [5.74, 6) is 0.0319. The molecule has 2 aromatic rings. The molecule has 6 heteroatoms. The molecule has 6 nitrogen and oxygen atoms in total. The Morgan fingerprint density at radius 3 is 2.64 bits per heavy atom. The van der Waals surface area contributed by atoms with Gasteiger partial charge in [-0.05, 0) is 18.9 Å². The quantitative estimate of drug-likeness (QED) is 0.917. The molecule has 3 rings (SSSR count). The SMILES string of the molecule is CC(=O)N(C)C1CCN(C(=O)c2n[nH]c3ccccc23)CC1. The Morgan fingerprint density at radius 1 is 1.27 bits per heavy atom. The summed E-state index contributed by atoms with van der Waals surface area (Å²) < 4.78 is 0. The van der Waals surface area contributed by atoms with Crippen molar-refractivity contribution in [2.75, 3.05) is 20.1 Å². The maximum Gasteiger partial charge on any atom is 0.274 e. The molecule has 1 aliphatic heterocycles. The fourth-order valence-electron chi connectivity index (χ4n) is 2.99. The summed E-state index contributed by atoms with van der Waals surface area (Å²) in [5, 5.41) is 7.93. The molecule has 0 aliphatic carbocycles. The third-order valence-corrected chi connectivity index (χ3v) is 4.47. The summed E-state index contributed by atoms with van der Waals surface area (Å²) in [6, 6.07) is 7.85. The highest BCUT2D eigenvalue weighted by molar-refractivity contribution is 6.04. The van der Waals surface area contributed by atoms with Crippen LogP contribution in [0.25, 0.3) is 10.9 Å². The Labute approximate surface area is 129 Å². The van der Waals surface area contributed by atoms with Crippen molar-refractivity contribution in [1.82, 2.24) is 20.0 Å². The molecule has 0 radical (unpaired) electrons. The van der Waals surface area contributed by atoms with Crippen molar-refractivity contribution < 1.29 is 9.59 Å². The molecule has 1 aliphatic rings. The summed E-state index contributed by atoms with van der Waals surface area (Å²) in [6.45, 7) is 2.89. The number of hydrogen-bond donors (Lipinski definition) is 1. The van der Waals surface area contributed by atoms with Crippen LogP contribution in [-0.4, -0.2) is 58.0 Å². The molecule has 1 aromatic heterocycles. The van der Waals surface area contributed by atoms with E-state index in [1.165, 1.54) is 0 Å². The molecule has 2 heterocycles. The number of H-pyrrole nitrogens is 1. The van der Waals surface area contributed by atoms with Crippen LogP contribution in [0.3, 0.4) is 0 Å². The monoisotopic (exact) mass is 300 g/mol. The number of fused-ring (bicyclic) bond motifs is 1. The molecule has 0 spiro atoms. The number of aromatic nitrogens is 2. The minimum Gasteiger partial charge on any atom is -0.343 e. The van der Waals surface area contributed by atoms with Crippen molar-refractivity contribution in [3.63, 3.8) is 0 Å². The summed E-state index contributed by atoms with van der Waals surface area (Å²) >= 11 is 0. The smallest absolute Gasteiger partial charge is 0.274 e. The van der Waals surface area contributed by atoms with Gasteiger partial charge in [-0.25, -0.2) is 0 Å². The third kappa shape index (κ3) is 2.56. The number of carbonyl (C=O) groups is 2. The van der Waals surface area contributed by atoms with E-state index in [1.54, 1.807) is 11.8 Å². The molecule has 1 aromatic carbocycles. The number of hydrogen-bond acceptors (Lipinski definition) is 3. The number of rotatable bonds is 2. The normalized spacial score (nSPS) is 16.0. The Kier molecular flexibility index (Phi) is 3.83. The molecule has 0 saturated carbocycles. The zero-order valence-electron chi connectivity index (χ0n) is 12.9. The fraction of sp³-hybridized carbons (Fsp3) is 0.438. The number of nitrogens with one attached hydrogen (secondary N) is 1. The predicted molar refractivity (Wildman–Crippen MR) is 83.5 cm³/mol. The van der Waals surface area contributed by atoms with E-state index in [1.807, 2.05) is 36.2 Å². The largest absolute Gasteiger partial charge is 0.343 e. The van der Waals surface area contributed by atoms with E-state index < -0.39 is 0 Å². The molecule has 22 heavy (non-hydrogen) atoms. The van der Waals surface area contributed by atoms with Crippen molar-refractivity contribution >= 4 is 22.7 Å². The van der Waals surface area contributed by atoms with Gasteiger partial charge in [-0.2, -0.15) is 5.10 Å². The van der Waals surface area contributed by atoms with Crippen LogP contribution >= 0.6 is 0 Å². The second-order valence-electron chi connectivity index (χ2n) is 5.77. The van der Waals surface area contributed by atoms with Crippen LogP contribution in [0.2, 0.25) is 0 Å². The van der Waals surface area contributed by atoms with Gasteiger partial charge >= 0.3 is 0 Å². The molecule has 2 amide bonds. The van der Waals surface area contributed by atoms with Crippen molar-refractivity contribution in [2.24, 2.45) is 0 Å². The second kappa shape index (κ2) is 5.79. The minimum absolute atomic E-state index is 0.0404. The van der Waals surface area contributed by atoms with E-state index in [0.717, 1.165) is 23.7 Å². The van der Waals surface area contributed by atoms with E-state index in [-0.39, 0.29) is 17.9 Å². The number of piperidine rings is 1. The van der Waals surface area contributed by atoms with Crippen LogP contribution in [0.1, 0.15) is 30.3 Å². The first-order valence-electron chi connectivity index (χ1n) is 7.53. The number of likely N-dealkylation sites (tertiary alicyclic amines) is 1. The molecule has 116 valence electrons. The van der Waals surface area contributed by atoms with Gasteiger partial charge in [0.15, 0.2) is 5.69 Å². The van der Waals surface area contributed by atoms with Crippen molar-refractivity contribution in [3.8, 4) is 0 Å².